The highest BCUT2D eigenvalue weighted by Gasteiger charge is 2.53. The standard InChI is InChI=1S/C23H39N3O5/c1-22(2,3)30-20(28)25-12-8-10-16(25)15-14-24(7)19(27)18(15)17-11-9-13-26(17)21(29)31-23(4,5)6/h15-18H,8-14H2,1-7H3/t15-,16+,17+,18+/m1/s1. The molecule has 3 fully saturated rings. The third kappa shape index (κ3) is 5.26. The van der Waals surface area contributed by atoms with Crippen molar-refractivity contribution in [1.29, 1.82) is 0 Å². The van der Waals surface area contributed by atoms with E-state index in [0.717, 1.165) is 25.7 Å². The number of carbonyl (C=O) groups is 3. The van der Waals surface area contributed by atoms with Crippen LogP contribution in [0, 0.1) is 11.8 Å². The van der Waals surface area contributed by atoms with Gasteiger partial charge in [-0.15, -0.1) is 0 Å². The van der Waals surface area contributed by atoms with Gasteiger partial charge in [0.05, 0.1) is 5.92 Å². The van der Waals surface area contributed by atoms with Crippen molar-refractivity contribution in [1.82, 2.24) is 14.7 Å². The highest BCUT2D eigenvalue weighted by atomic mass is 16.6. The molecular formula is C23H39N3O5. The number of likely N-dealkylation sites (tertiary alicyclic amines) is 3. The zero-order chi connectivity index (χ0) is 23.1. The van der Waals surface area contributed by atoms with Crippen molar-refractivity contribution in [3.8, 4) is 0 Å². The summed E-state index contributed by atoms with van der Waals surface area (Å²) in [5.41, 5.74) is -1.15. The first-order chi connectivity index (χ1) is 14.3. The fourth-order valence-corrected chi connectivity index (χ4v) is 5.27. The normalized spacial score (nSPS) is 29.6. The van der Waals surface area contributed by atoms with Crippen molar-refractivity contribution in [3.63, 3.8) is 0 Å². The largest absolute Gasteiger partial charge is 0.444 e. The average molecular weight is 438 g/mol. The quantitative estimate of drug-likeness (QED) is 0.661. The molecule has 176 valence electrons. The van der Waals surface area contributed by atoms with Crippen molar-refractivity contribution in [3.05, 3.63) is 0 Å². The minimum Gasteiger partial charge on any atom is -0.444 e. The van der Waals surface area contributed by atoms with Gasteiger partial charge in [0.2, 0.25) is 5.91 Å². The maximum absolute atomic E-state index is 13.2. The third-order valence-corrected chi connectivity index (χ3v) is 6.37. The number of amides is 3. The highest BCUT2D eigenvalue weighted by molar-refractivity contribution is 5.83. The number of hydrogen-bond acceptors (Lipinski definition) is 5. The molecule has 0 bridgehead atoms. The lowest BCUT2D eigenvalue weighted by Crippen LogP contribution is -2.50. The van der Waals surface area contributed by atoms with E-state index in [1.807, 2.05) is 53.5 Å². The van der Waals surface area contributed by atoms with Gasteiger partial charge in [0.25, 0.3) is 0 Å². The minimum atomic E-state index is -0.584. The van der Waals surface area contributed by atoms with Crippen molar-refractivity contribution in [2.75, 3.05) is 26.7 Å². The van der Waals surface area contributed by atoms with Crippen LogP contribution in [0.4, 0.5) is 9.59 Å². The van der Waals surface area contributed by atoms with Gasteiger partial charge in [-0.2, -0.15) is 0 Å². The van der Waals surface area contributed by atoms with E-state index in [1.165, 1.54) is 0 Å². The van der Waals surface area contributed by atoms with E-state index in [0.29, 0.717) is 19.6 Å². The number of ether oxygens (including phenoxy) is 2. The first-order valence-electron chi connectivity index (χ1n) is 11.5. The summed E-state index contributed by atoms with van der Waals surface area (Å²) >= 11 is 0. The molecule has 3 heterocycles. The summed E-state index contributed by atoms with van der Waals surface area (Å²) in [6, 6.07) is -0.256. The number of rotatable bonds is 2. The molecule has 8 heteroatoms. The van der Waals surface area contributed by atoms with Crippen LogP contribution in [0.15, 0.2) is 0 Å². The monoisotopic (exact) mass is 437 g/mol. The molecule has 8 nitrogen and oxygen atoms in total. The van der Waals surface area contributed by atoms with E-state index < -0.39 is 11.2 Å². The molecule has 3 amide bonds. The summed E-state index contributed by atoms with van der Waals surface area (Å²) in [4.78, 5) is 44.3. The lowest BCUT2D eigenvalue weighted by molar-refractivity contribution is -0.132. The van der Waals surface area contributed by atoms with Gasteiger partial charge in [0, 0.05) is 44.7 Å². The molecule has 0 unspecified atom stereocenters. The molecule has 0 saturated carbocycles. The van der Waals surface area contributed by atoms with Crippen molar-refractivity contribution in [2.45, 2.75) is 90.5 Å². The summed E-state index contributed by atoms with van der Waals surface area (Å²) in [5, 5.41) is 0. The lowest BCUT2D eigenvalue weighted by atomic mass is 9.81. The Morgan fingerprint density at radius 3 is 1.77 bits per heavy atom. The predicted molar refractivity (Wildman–Crippen MR) is 117 cm³/mol. The van der Waals surface area contributed by atoms with Gasteiger partial charge in [0.15, 0.2) is 0 Å². The van der Waals surface area contributed by atoms with Crippen LogP contribution in [0.25, 0.3) is 0 Å². The fraction of sp³-hybridized carbons (Fsp3) is 0.870. The molecule has 31 heavy (non-hydrogen) atoms. The van der Waals surface area contributed by atoms with Crippen LogP contribution in [0.1, 0.15) is 67.2 Å². The predicted octanol–water partition coefficient (Wildman–Crippen LogP) is 3.49. The number of hydrogen-bond donors (Lipinski definition) is 0. The van der Waals surface area contributed by atoms with Crippen LogP contribution >= 0.6 is 0 Å². The molecule has 3 aliphatic heterocycles. The van der Waals surface area contributed by atoms with E-state index in [1.54, 1.807) is 9.80 Å². The van der Waals surface area contributed by atoms with Crippen molar-refractivity contribution < 1.29 is 23.9 Å². The highest BCUT2D eigenvalue weighted by Crippen LogP contribution is 2.41. The Hall–Kier alpha value is -1.99. The summed E-state index contributed by atoms with van der Waals surface area (Å²) < 4.78 is 11.3. The van der Waals surface area contributed by atoms with Gasteiger partial charge in [-0.1, -0.05) is 0 Å². The van der Waals surface area contributed by atoms with E-state index >= 15 is 0 Å². The molecule has 0 N–H and O–H groups in total. The van der Waals surface area contributed by atoms with Gasteiger partial charge >= 0.3 is 12.2 Å². The van der Waals surface area contributed by atoms with Gasteiger partial charge < -0.3 is 24.2 Å². The molecule has 0 aromatic rings. The smallest absolute Gasteiger partial charge is 0.410 e. The summed E-state index contributed by atoms with van der Waals surface area (Å²) in [6.45, 7) is 13.0. The topological polar surface area (TPSA) is 79.4 Å². The number of nitrogens with zero attached hydrogens (tertiary/aromatic N) is 3. The second-order valence-corrected chi connectivity index (χ2v) is 11.2. The van der Waals surface area contributed by atoms with E-state index in [9.17, 15) is 14.4 Å². The first kappa shape index (κ1) is 23.7. The molecule has 4 atom stereocenters. The van der Waals surface area contributed by atoms with Crippen molar-refractivity contribution >= 4 is 18.1 Å². The second-order valence-electron chi connectivity index (χ2n) is 11.2. The Bertz CT molecular complexity index is 711. The Balaban J connectivity index is 1.82. The molecule has 0 aromatic heterocycles. The molecule has 0 radical (unpaired) electrons. The van der Waals surface area contributed by atoms with Crippen LogP contribution in [0.2, 0.25) is 0 Å². The molecule has 0 spiro atoms. The van der Waals surface area contributed by atoms with Gasteiger partial charge in [-0.05, 0) is 67.2 Å². The zero-order valence-electron chi connectivity index (χ0n) is 20.1. The molecule has 0 aromatic carbocycles. The maximum atomic E-state index is 13.2. The first-order valence-corrected chi connectivity index (χ1v) is 11.5. The van der Waals surface area contributed by atoms with Gasteiger partial charge in [-0.3, -0.25) is 4.79 Å². The van der Waals surface area contributed by atoms with E-state index in [2.05, 4.69) is 0 Å². The molecule has 3 rings (SSSR count). The van der Waals surface area contributed by atoms with Crippen LogP contribution in [-0.2, 0) is 14.3 Å². The minimum absolute atomic E-state index is 0.0273. The SMILES string of the molecule is CN1C[C@H]([C@@H]2CCCN2C(=O)OC(C)(C)C)[C@@H]([C@@H]2CCCN2C(=O)OC(C)(C)C)C1=O. The third-order valence-electron chi connectivity index (χ3n) is 6.37. The summed E-state index contributed by atoms with van der Waals surface area (Å²) in [7, 11) is 1.81. The van der Waals surface area contributed by atoms with E-state index in [-0.39, 0.29) is 42.0 Å². The van der Waals surface area contributed by atoms with Crippen LogP contribution in [0.3, 0.4) is 0 Å². The zero-order valence-corrected chi connectivity index (χ0v) is 20.1. The molecule has 3 aliphatic rings. The Morgan fingerprint density at radius 1 is 0.839 bits per heavy atom. The Morgan fingerprint density at radius 2 is 1.29 bits per heavy atom. The summed E-state index contributed by atoms with van der Waals surface area (Å²) in [6.07, 6.45) is 2.70. The van der Waals surface area contributed by atoms with Crippen LogP contribution in [-0.4, -0.2) is 82.8 Å². The maximum Gasteiger partial charge on any atom is 0.410 e. The van der Waals surface area contributed by atoms with Gasteiger partial charge in [-0.25, -0.2) is 9.59 Å². The second kappa shape index (κ2) is 8.51. The molecule has 0 aliphatic carbocycles. The Labute approximate surface area is 186 Å². The van der Waals surface area contributed by atoms with Gasteiger partial charge in [0.1, 0.15) is 11.2 Å². The average Bonchev–Trinajstić information content (AvgIpc) is 3.31. The van der Waals surface area contributed by atoms with Crippen LogP contribution in [0.5, 0.6) is 0 Å². The number of carbonyl (C=O) groups excluding carboxylic acids is 3. The fourth-order valence-electron chi connectivity index (χ4n) is 5.27. The van der Waals surface area contributed by atoms with Crippen LogP contribution < -0.4 is 0 Å². The summed E-state index contributed by atoms with van der Waals surface area (Å²) in [5.74, 6) is -0.296. The van der Waals surface area contributed by atoms with Crippen molar-refractivity contribution in [2.24, 2.45) is 11.8 Å². The molecular weight excluding hydrogens is 398 g/mol. The Kier molecular flexibility index (Phi) is 6.50. The lowest BCUT2D eigenvalue weighted by Gasteiger charge is -2.37. The molecule has 3 saturated heterocycles. The van der Waals surface area contributed by atoms with E-state index in [4.69, 9.17) is 9.47 Å².